The minimum atomic E-state index is -1.15. The number of hydrogen-bond acceptors (Lipinski definition) is 1. The highest BCUT2D eigenvalue weighted by molar-refractivity contribution is 6.88. The van der Waals surface area contributed by atoms with Crippen molar-refractivity contribution in [2.45, 2.75) is 65.3 Å². The summed E-state index contributed by atoms with van der Waals surface area (Å²) < 4.78 is 0. The first-order valence-corrected chi connectivity index (χ1v) is 11.7. The van der Waals surface area contributed by atoms with Crippen LogP contribution in [0.3, 0.4) is 0 Å². The Morgan fingerprint density at radius 1 is 1.10 bits per heavy atom. The molecule has 0 aromatic heterocycles. The highest BCUT2D eigenvalue weighted by Crippen LogP contribution is 2.28. The van der Waals surface area contributed by atoms with Gasteiger partial charge in [-0.05, 0) is 37.3 Å². The minimum Gasteiger partial charge on any atom is -0.296 e. The van der Waals surface area contributed by atoms with Crippen molar-refractivity contribution in [3.63, 3.8) is 0 Å². The molecule has 0 aliphatic heterocycles. The van der Waals surface area contributed by atoms with Gasteiger partial charge in [-0.3, -0.25) is 4.90 Å². The number of benzene rings is 1. The van der Waals surface area contributed by atoms with E-state index in [4.69, 9.17) is 0 Å². The molecule has 0 N–H and O–H groups in total. The Bertz CT molecular complexity index is 412. The van der Waals surface area contributed by atoms with Gasteiger partial charge in [-0.25, -0.2) is 0 Å². The summed E-state index contributed by atoms with van der Waals surface area (Å²) in [5.41, 5.74) is 1.49. The van der Waals surface area contributed by atoms with Gasteiger partial charge in [0.15, 0.2) is 0 Å². The Morgan fingerprint density at radius 3 is 2.15 bits per heavy atom. The largest absolute Gasteiger partial charge is 0.296 e. The summed E-state index contributed by atoms with van der Waals surface area (Å²) in [5.74, 6) is 0.811. The van der Waals surface area contributed by atoms with Crippen LogP contribution in [-0.4, -0.2) is 25.6 Å². The van der Waals surface area contributed by atoms with Crippen molar-refractivity contribution in [3.05, 3.63) is 29.8 Å². The van der Waals surface area contributed by atoms with Crippen molar-refractivity contribution in [3.8, 4) is 0 Å². The average molecular weight is 290 g/mol. The van der Waals surface area contributed by atoms with Crippen LogP contribution < -0.4 is 5.19 Å². The van der Waals surface area contributed by atoms with Gasteiger partial charge in [0.2, 0.25) is 0 Å². The first-order valence-electron chi connectivity index (χ1n) is 8.20. The van der Waals surface area contributed by atoms with Gasteiger partial charge in [0.25, 0.3) is 0 Å². The van der Waals surface area contributed by atoms with Crippen molar-refractivity contribution in [1.29, 1.82) is 0 Å². The van der Waals surface area contributed by atoms with Gasteiger partial charge in [-0.1, -0.05) is 62.9 Å². The fraction of sp³-hybridized carbons (Fsp3) is 0.667. The zero-order chi connectivity index (χ0) is 14.8. The molecule has 2 rings (SSSR count). The van der Waals surface area contributed by atoms with E-state index < -0.39 is 8.07 Å². The fourth-order valence-corrected chi connectivity index (χ4v) is 3.77. The molecule has 1 aliphatic carbocycles. The normalized spacial score (nSPS) is 16.1. The van der Waals surface area contributed by atoms with E-state index in [-0.39, 0.29) is 0 Å². The van der Waals surface area contributed by atoms with E-state index in [1.807, 2.05) is 0 Å². The molecule has 2 heteroatoms. The Labute approximate surface area is 126 Å². The van der Waals surface area contributed by atoms with E-state index in [9.17, 15) is 0 Å². The lowest BCUT2D eigenvalue weighted by atomic mass is 10.1. The molecule has 0 heterocycles. The van der Waals surface area contributed by atoms with Gasteiger partial charge in [0.1, 0.15) is 0 Å². The summed E-state index contributed by atoms with van der Waals surface area (Å²) in [5, 5.41) is 1.57. The Morgan fingerprint density at radius 2 is 1.70 bits per heavy atom. The predicted octanol–water partition coefficient (Wildman–Crippen LogP) is 4.24. The standard InChI is InChI=1S/C18H31NSi/c1-15(2)12-13-19(17-8-9-17)14-16-6-10-18(11-7-16)20(3,4)5/h6-7,10-11,15,17H,8-9,12-14H2,1-5H3. The molecule has 1 aromatic rings. The van der Waals surface area contributed by atoms with Crippen LogP contribution in [0.5, 0.6) is 0 Å². The van der Waals surface area contributed by atoms with Crippen molar-refractivity contribution >= 4 is 13.3 Å². The van der Waals surface area contributed by atoms with Gasteiger partial charge in [-0.15, -0.1) is 0 Å². The van der Waals surface area contributed by atoms with E-state index in [1.165, 1.54) is 31.4 Å². The van der Waals surface area contributed by atoms with Crippen LogP contribution in [0.25, 0.3) is 0 Å². The molecule has 1 aliphatic rings. The van der Waals surface area contributed by atoms with Crippen molar-refractivity contribution < 1.29 is 0 Å². The quantitative estimate of drug-likeness (QED) is 0.679. The summed E-state index contributed by atoms with van der Waals surface area (Å²) in [4.78, 5) is 2.70. The third-order valence-electron chi connectivity index (χ3n) is 4.26. The second-order valence-electron chi connectivity index (χ2n) is 7.83. The zero-order valence-electron chi connectivity index (χ0n) is 13.9. The second-order valence-corrected chi connectivity index (χ2v) is 12.9. The lowest BCUT2D eigenvalue weighted by Crippen LogP contribution is -2.37. The highest BCUT2D eigenvalue weighted by atomic mass is 28.3. The molecule has 0 spiro atoms. The molecule has 20 heavy (non-hydrogen) atoms. The Kier molecular flexibility index (Phi) is 5.08. The van der Waals surface area contributed by atoms with E-state index in [0.717, 1.165) is 18.5 Å². The number of nitrogens with zero attached hydrogens (tertiary/aromatic N) is 1. The van der Waals surface area contributed by atoms with Crippen LogP contribution in [0.15, 0.2) is 24.3 Å². The molecule has 0 bridgehead atoms. The van der Waals surface area contributed by atoms with Crippen LogP contribution in [-0.2, 0) is 6.54 Å². The third kappa shape index (κ3) is 4.74. The average Bonchev–Trinajstić information content (AvgIpc) is 3.18. The summed E-state index contributed by atoms with van der Waals surface area (Å²) in [6.07, 6.45) is 4.14. The molecular weight excluding hydrogens is 258 g/mol. The number of rotatable bonds is 7. The number of hydrogen-bond donors (Lipinski definition) is 0. The molecule has 0 radical (unpaired) electrons. The van der Waals surface area contributed by atoms with Crippen LogP contribution in [0.4, 0.5) is 0 Å². The van der Waals surface area contributed by atoms with E-state index >= 15 is 0 Å². The summed E-state index contributed by atoms with van der Waals surface area (Å²) in [6, 6.07) is 10.3. The summed E-state index contributed by atoms with van der Waals surface area (Å²) in [7, 11) is -1.15. The lowest BCUT2D eigenvalue weighted by molar-refractivity contribution is 0.239. The molecule has 112 valence electrons. The van der Waals surface area contributed by atoms with Gasteiger partial charge >= 0.3 is 0 Å². The second kappa shape index (κ2) is 6.44. The Balaban J connectivity index is 1.96. The molecular formula is C18H31NSi. The van der Waals surface area contributed by atoms with E-state index in [0.29, 0.717) is 0 Å². The SMILES string of the molecule is CC(C)CCN(Cc1ccc([Si](C)(C)C)cc1)C1CC1. The topological polar surface area (TPSA) is 3.24 Å². The fourth-order valence-electron chi connectivity index (χ4n) is 2.60. The maximum Gasteiger partial charge on any atom is 0.0775 e. The van der Waals surface area contributed by atoms with Crippen molar-refractivity contribution in [1.82, 2.24) is 4.90 Å². The molecule has 0 amide bonds. The molecule has 0 saturated heterocycles. The smallest absolute Gasteiger partial charge is 0.0775 e. The van der Waals surface area contributed by atoms with E-state index in [1.54, 1.807) is 5.19 Å². The van der Waals surface area contributed by atoms with Crippen LogP contribution in [0.2, 0.25) is 19.6 Å². The molecule has 1 nitrogen and oxygen atoms in total. The molecule has 0 atom stereocenters. The minimum absolute atomic E-state index is 0.811. The molecule has 0 unspecified atom stereocenters. The van der Waals surface area contributed by atoms with Crippen molar-refractivity contribution in [2.75, 3.05) is 6.54 Å². The Hall–Kier alpha value is -0.603. The highest BCUT2D eigenvalue weighted by Gasteiger charge is 2.28. The first-order chi connectivity index (χ1) is 9.36. The van der Waals surface area contributed by atoms with E-state index in [2.05, 4.69) is 62.7 Å². The van der Waals surface area contributed by atoms with Crippen LogP contribution in [0, 0.1) is 5.92 Å². The first kappa shape index (κ1) is 15.8. The molecule has 1 aromatic carbocycles. The third-order valence-corrected chi connectivity index (χ3v) is 6.33. The lowest BCUT2D eigenvalue weighted by Gasteiger charge is -2.24. The molecule has 1 fully saturated rings. The monoisotopic (exact) mass is 289 g/mol. The van der Waals surface area contributed by atoms with Gasteiger partial charge in [0, 0.05) is 12.6 Å². The zero-order valence-corrected chi connectivity index (χ0v) is 14.9. The molecule has 1 saturated carbocycles. The summed E-state index contributed by atoms with van der Waals surface area (Å²) in [6.45, 7) is 14.3. The van der Waals surface area contributed by atoms with Crippen LogP contribution >= 0.6 is 0 Å². The summed E-state index contributed by atoms with van der Waals surface area (Å²) >= 11 is 0. The predicted molar refractivity (Wildman–Crippen MR) is 92.3 cm³/mol. The van der Waals surface area contributed by atoms with Gasteiger partial charge in [0.05, 0.1) is 8.07 Å². The van der Waals surface area contributed by atoms with Crippen molar-refractivity contribution in [2.24, 2.45) is 5.92 Å². The van der Waals surface area contributed by atoms with Crippen LogP contribution in [0.1, 0.15) is 38.7 Å². The maximum atomic E-state index is 2.70. The maximum absolute atomic E-state index is 2.70. The van der Waals surface area contributed by atoms with Gasteiger partial charge < -0.3 is 0 Å². The van der Waals surface area contributed by atoms with Gasteiger partial charge in [-0.2, -0.15) is 0 Å².